The molecule has 0 radical (unpaired) electrons. The van der Waals surface area contributed by atoms with Gasteiger partial charge in [-0.1, -0.05) is 0 Å². The molecule has 2 aliphatic heterocycles. The molecule has 1 unspecified atom stereocenters. The second kappa shape index (κ2) is 8.20. The van der Waals surface area contributed by atoms with Gasteiger partial charge in [-0.3, -0.25) is 10.1 Å². The number of aryl methyl sites for hydroxylation is 1. The van der Waals surface area contributed by atoms with Crippen LogP contribution in [0, 0.1) is 6.92 Å². The van der Waals surface area contributed by atoms with E-state index in [-0.39, 0.29) is 24.2 Å². The van der Waals surface area contributed by atoms with E-state index in [1.54, 1.807) is 6.20 Å². The molecule has 0 aliphatic carbocycles. The molecule has 9 nitrogen and oxygen atoms in total. The SMILES string of the molecule is Cc1cc(Nc2cc3ncccc3c(NC3C[C@H]4CC[C@@H](C3)N4C(=O)OC(C)(C)C)n2)n[nH]1. The molecule has 3 aromatic heterocycles. The highest BCUT2D eigenvalue weighted by Gasteiger charge is 2.45. The predicted molar refractivity (Wildman–Crippen MR) is 128 cm³/mol. The van der Waals surface area contributed by atoms with Crippen molar-refractivity contribution in [2.45, 2.75) is 77.1 Å². The lowest BCUT2D eigenvalue weighted by atomic mass is 9.97. The number of hydrogen-bond donors (Lipinski definition) is 3. The second-order valence-corrected chi connectivity index (χ2v) is 10.1. The smallest absolute Gasteiger partial charge is 0.410 e. The van der Waals surface area contributed by atoms with Crippen LogP contribution in [0.25, 0.3) is 10.9 Å². The zero-order valence-corrected chi connectivity index (χ0v) is 19.6. The number of fused-ring (bicyclic) bond motifs is 3. The van der Waals surface area contributed by atoms with Crippen LogP contribution in [0.3, 0.4) is 0 Å². The zero-order valence-electron chi connectivity index (χ0n) is 19.6. The summed E-state index contributed by atoms with van der Waals surface area (Å²) < 4.78 is 5.67. The van der Waals surface area contributed by atoms with E-state index < -0.39 is 5.60 Å². The van der Waals surface area contributed by atoms with Gasteiger partial charge in [0, 0.05) is 47.5 Å². The number of piperidine rings is 1. The lowest BCUT2D eigenvalue weighted by Crippen LogP contribution is -2.51. The summed E-state index contributed by atoms with van der Waals surface area (Å²) in [5.74, 6) is 2.19. The van der Waals surface area contributed by atoms with Gasteiger partial charge >= 0.3 is 6.09 Å². The number of carbonyl (C=O) groups is 1. The lowest BCUT2D eigenvalue weighted by Gasteiger charge is -2.39. The van der Waals surface area contributed by atoms with Gasteiger partial charge in [0.1, 0.15) is 17.2 Å². The predicted octanol–water partition coefficient (Wildman–Crippen LogP) is 4.75. The summed E-state index contributed by atoms with van der Waals surface area (Å²) in [5, 5.41) is 15.1. The summed E-state index contributed by atoms with van der Waals surface area (Å²) in [7, 11) is 0. The second-order valence-electron chi connectivity index (χ2n) is 10.1. The molecule has 174 valence electrons. The maximum absolute atomic E-state index is 12.8. The quantitative estimate of drug-likeness (QED) is 0.527. The molecule has 3 N–H and O–H groups in total. The van der Waals surface area contributed by atoms with E-state index in [0.717, 1.165) is 48.1 Å². The molecule has 5 rings (SSSR count). The molecule has 3 aromatic rings. The maximum Gasteiger partial charge on any atom is 0.410 e. The normalized spacial score (nSPS) is 22.4. The Bertz CT molecular complexity index is 1160. The Morgan fingerprint density at radius 2 is 1.94 bits per heavy atom. The number of amides is 1. The molecule has 3 atom stereocenters. The van der Waals surface area contributed by atoms with Gasteiger partial charge in [0.2, 0.25) is 0 Å². The molecule has 2 saturated heterocycles. The van der Waals surface area contributed by atoms with Gasteiger partial charge < -0.3 is 20.3 Å². The molecule has 2 bridgehead atoms. The molecular formula is C24H31N7O2. The summed E-state index contributed by atoms with van der Waals surface area (Å²) >= 11 is 0. The fourth-order valence-electron chi connectivity index (χ4n) is 4.96. The van der Waals surface area contributed by atoms with E-state index >= 15 is 0 Å². The van der Waals surface area contributed by atoms with Crippen molar-refractivity contribution >= 4 is 34.4 Å². The summed E-state index contributed by atoms with van der Waals surface area (Å²) in [6.07, 6.45) is 5.36. The van der Waals surface area contributed by atoms with Gasteiger partial charge in [-0.05, 0) is 65.5 Å². The third-order valence-electron chi connectivity index (χ3n) is 6.24. The number of rotatable bonds is 4. The first kappa shape index (κ1) is 21.5. The van der Waals surface area contributed by atoms with Crippen molar-refractivity contribution in [3.63, 3.8) is 0 Å². The largest absolute Gasteiger partial charge is 0.444 e. The Morgan fingerprint density at radius 1 is 1.18 bits per heavy atom. The van der Waals surface area contributed by atoms with E-state index in [4.69, 9.17) is 9.72 Å². The fraction of sp³-hybridized carbons (Fsp3) is 0.500. The number of ether oxygens (including phenoxy) is 1. The maximum atomic E-state index is 12.8. The van der Waals surface area contributed by atoms with Crippen molar-refractivity contribution in [3.05, 3.63) is 36.2 Å². The van der Waals surface area contributed by atoms with Crippen LogP contribution in [0.5, 0.6) is 0 Å². The van der Waals surface area contributed by atoms with Crippen LogP contribution in [-0.2, 0) is 4.74 Å². The number of nitrogens with one attached hydrogen (secondary N) is 3. The number of pyridine rings is 2. The highest BCUT2D eigenvalue weighted by Crippen LogP contribution is 2.38. The van der Waals surface area contributed by atoms with Crippen molar-refractivity contribution in [1.82, 2.24) is 25.1 Å². The van der Waals surface area contributed by atoms with Crippen molar-refractivity contribution in [1.29, 1.82) is 0 Å². The van der Waals surface area contributed by atoms with Crippen LogP contribution < -0.4 is 10.6 Å². The fourth-order valence-corrected chi connectivity index (χ4v) is 4.96. The highest BCUT2D eigenvalue weighted by molar-refractivity contribution is 5.91. The molecule has 0 spiro atoms. The molecule has 2 fully saturated rings. The Kier molecular flexibility index (Phi) is 5.34. The van der Waals surface area contributed by atoms with Crippen LogP contribution in [-0.4, -0.2) is 54.9 Å². The first-order valence-electron chi connectivity index (χ1n) is 11.6. The summed E-state index contributed by atoms with van der Waals surface area (Å²) in [6, 6.07) is 8.42. The van der Waals surface area contributed by atoms with Crippen LogP contribution in [0.4, 0.5) is 22.2 Å². The number of nitrogens with zero attached hydrogens (tertiary/aromatic N) is 4. The number of aromatic nitrogens is 4. The van der Waals surface area contributed by atoms with E-state index in [2.05, 4.69) is 25.8 Å². The molecule has 1 amide bonds. The summed E-state index contributed by atoms with van der Waals surface area (Å²) in [5.41, 5.74) is 1.35. The number of hydrogen-bond acceptors (Lipinski definition) is 7. The van der Waals surface area contributed by atoms with Gasteiger partial charge in [0.15, 0.2) is 5.82 Å². The summed E-state index contributed by atoms with van der Waals surface area (Å²) in [4.78, 5) is 24.1. The monoisotopic (exact) mass is 449 g/mol. The standard InChI is InChI=1S/C24H31N7O2/c1-14-10-21(30-29-14)27-20-13-19-18(6-5-9-25-19)22(28-20)26-15-11-16-7-8-17(12-15)31(16)23(32)33-24(2,3)4/h5-6,9-10,13,15-17H,7-8,11-12H2,1-4H3,(H3,26,27,28,29,30)/t15?,16-,17+. The van der Waals surface area contributed by atoms with E-state index in [1.165, 1.54) is 0 Å². The molecule has 0 saturated carbocycles. The molecule has 0 aromatic carbocycles. The third kappa shape index (κ3) is 4.58. The van der Waals surface area contributed by atoms with Gasteiger partial charge in [-0.15, -0.1) is 0 Å². The first-order chi connectivity index (χ1) is 15.7. The first-order valence-corrected chi connectivity index (χ1v) is 11.6. The molecule has 9 heteroatoms. The minimum Gasteiger partial charge on any atom is -0.444 e. The van der Waals surface area contributed by atoms with E-state index in [0.29, 0.717) is 11.6 Å². The van der Waals surface area contributed by atoms with Crippen molar-refractivity contribution < 1.29 is 9.53 Å². The minimum atomic E-state index is -0.484. The number of carbonyl (C=O) groups excluding carboxylic acids is 1. The Hall–Kier alpha value is -3.36. The van der Waals surface area contributed by atoms with Crippen LogP contribution in [0.15, 0.2) is 30.5 Å². The Balaban J connectivity index is 1.36. The third-order valence-corrected chi connectivity index (χ3v) is 6.24. The van der Waals surface area contributed by atoms with Crippen LogP contribution in [0.1, 0.15) is 52.1 Å². The van der Waals surface area contributed by atoms with Crippen molar-refractivity contribution in [3.8, 4) is 0 Å². The average molecular weight is 450 g/mol. The topological polar surface area (TPSA) is 108 Å². The molecule has 5 heterocycles. The van der Waals surface area contributed by atoms with Gasteiger partial charge in [-0.2, -0.15) is 5.10 Å². The summed E-state index contributed by atoms with van der Waals surface area (Å²) in [6.45, 7) is 7.70. The zero-order chi connectivity index (χ0) is 23.2. The molecular weight excluding hydrogens is 418 g/mol. The molecule has 2 aliphatic rings. The van der Waals surface area contributed by atoms with Gasteiger partial charge in [-0.25, -0.2) is 9.78 Å². The van der Waals surface area contributed by atoms with Crippen LogP contribution in [0.2, 0.25) is 0 Å². The number of anilines is 3. The number of aromatic amines is 1. The van der Waals surface area contributed by atoms with Crippen molar-refractivity contribution in [2.75, 3.05) is 10.6 Å². The van der Waals surface area contributed by atoms with E-state index in [9.17, 15) is 4.79 Å². The van der Waals surface area contributed by atoms with Gasteiger partial charge in [0.25, 0.3) is 0 Å². The van der Waals surface area contributed by atoms with E-state index in [1.807, 2.05) is 56.9 Å². The number of H-pyrrole nitrogens is 1. The Morgan fingerprint density at radius 3 is 2.61 bits per heavy atom. The highest BCUT2D eigenvalue weighted by atomic mass is 16.6. The minimum absolute atomic E-state index is 0.189. The van der Waals surface area contributed by atoms with Crippen molar-refractivity contribution in [2.24, 2.45) is 0 Å². The Labute approximate surface area is 193 Å². The lowest BCUT2D eigenvalue weighted by molar-refractivity contribution is 0.00683. The van der Waals surface area contributed by atoms with Gasteiger partial charge in [0.05, 0.1) is 5.52 Å². The average Bonchev–Trinajstić information content (AvgIpc) is 3.27. The molecule has 33 heavy (non-hydrogen) atoms. The van der Waals surface area contributed by atoms with Crippen LogP contribution >= 0.6 is 0 Å².